The predicted molar refractivity (Wildman–Crippen MR) is 106 cm³/mol. The Morgan fingerprint density at radius 3 is 2.57 bits per heavy atom. The van der Waals surface area contributed by atoms with E-state index in [0.29, 0.717) is 17.2 Å². The van der Waals surface area contributed by atoms with Gasteiger partial charge in [-0.15, -0.1) is 0 Å². The standard InChI is InChI=1S/C20H19N3O5/c1-12-5-4-6-13(9-12)21-11-15-18(24)22-20(26)23(19(15)25)16-10-14(27-2)7-8-17(16)28-3/h4-11,25H,1-3H3,(H,22,24,26). The van der Waals surface area contributed by atoms with Crippen LogP contribution in [0.25, 0.3) is 5.69 Å². The first-order chi connectivity index (χ1) is 13.4. The van der Waals surface area contributed by atoms with Crippen molar-refractivity contribution in [2.75, 3.05) is 14.2 Å². The van der Waals surface area contributed by atoms with Crippen molar-refractivity contribution in [3.05, 3.63) is 74.4 Å². The minimum Gasteiger partial charge on any atom is -0.497 e. The Labute approximate surface area is 160 Å². The Balaban J connectivity index is 2.19. The predicted octanol–water partition coefficient (Wildman–Crippen LogP) is 2.31. The number of ether oxygens (including phenoxy) is 2. The van der Waals surface area contributed by atoms with Crippen molar-refractivity contribution >= 4 is 11.9 Å². The van der Waals surface area contributed by atoms with Crippen molar-refractivity contribution in [3.8, 4) is 23.1 Å². The van der Waals surface area contributed by atoms with Gasteiger partial charge in [0.2, 0.25) is 5.88 Å². The number of hydrogen-bond donors (Lipinski definition) is 2. The molecule has 2 N–H and O–H groups in total. The maximum Gasteiger partial charge on any atom is 0.335 e. The number of hydrogen-bond acceptors (Lipinski definition) is 6. The molecule has 0 fully saturated rings. The molecule has 0 amide bonds. The molecule has 0 aliphatic rings. The van der Waals surface area contributed by atoms with Crippen LogP contribution in [0, 0.1) is 6.92 Å². The highest BCUT2D eigenvalue weighted by molar-refractivity contribution is 5.84. The van der Waals surface area contributed by atoms with Crippen LogP contribution in [0.15, 0.2) is 57.0 Å². The second-order valence-electron chi connectivity index (χ2n) is 5.97. The van der Waals surface area contributed by atoms with Crippen LogP contribution in [0.1, 0.15) is 11.1 Å². The molecule has 2 aromatic carbocycles. The van der Waals surface area contributed by atoms with E-state index in [2.05, 4.69) is 9.98 Å². The van der Waals surface area contributed by atoms with Gasteiger partial charge in [-0.25, -0.2) is 9.36 Å². The average Bonchev–Trinajstić information content (AvgIpc) is 2.67. The van der Waals surface area contributed by atoms with Gasteiger partial charge in [0.1, 0.15) is 17.1 Å². The van der Waals surface area contributed by atoms with Gasteiger partial charge in [-0.05, 0) is 36.8 Å². The highest BCUT2D eigenvalue weighted by Gasteiger charge is 2.18. The molecule has 8 heteroatoms. The number of rotatable bonds is 5. The summed E-state index contributed by atoms with van der Waals surface area (Å²) in [4.78, 5) is 31.1. The fourth-order valence-corrected chi connectivity index (χ4v) is 2.70. The van der Waals surface area contributed by atoms with Crippen LogP contribution in [-0.4, -0.2) is 35.1 Å². The summed E-state index contributed by atoms with van der Waals surface area (Å²) in [5.41, 5.74) is 0.0879. The lowest BCUT2D eigenvalue weighted by molar-refractivity contribution is 0.393. The third kappa shape index (κ3) is 3.66. The van der Waals surface area contributed by atoms with Gasteiger partial charge in [-0.1, -0.05) is 12.1 Å². The summed E-state index contributed by atoms with van der Waals surface area (Å²) >= 11 is 0. The molecule has 1 heterocycles. The fourth-order valence-electron chi connectivity index (χ4n) is 2.70. The Hall–Kier alpha value is -3.81. The van der Waals surface area contributed by atoms with Crippen LogP contribution < -0.4 is 20.7 Å². The van der Waals surface area contributed by atoms with E-state index in [4.69, 9.17) is 9.47 Å². The SMILES string of the molecule is COc1ccc(OC)c(-n2c(O)c(C=Nc3cccc(C)c3)c(=O)[nH]c2=O)c1. The van der Waals surface area contributed by atoms with Crippen LogP contribution in [0.4, 0.5) is 5.69 Å². The molecule has 144 valence electrons. The van der Waals surface area contributed by atoms with Crippen molar-refractivity contribution in [1.82, 2.24) is 9.55 Å². The zero-order chi connectivity index (χ0) is 20.3. The Bertz CT molecular complexity index is 1160. The van der Waals surface area contributed by atoms with Crippen LogP contribution in [-0.2, 0) is 0 Å². The van der Waals surface area contributed by atoms with Crippen LogP contribution in [0.2, 0.25) is 0 Å². The summed E-state index contributed by atoms with van der Waals surface area (Å²) in [6.07, 6.45) is 1.21. The molecule has 0 bridgehead atoms. The van der Waals surface area contributed by atoms with E-state index in [9.17, 15) is 14.7 Å². The van der Waals surface area contributed by atoms with Crippen molar-refractivity contribution in [2.24, 2.45) is 4.99 Å². The molecule has 3 rings (SSSR count). The Morgan fingerprint density at radius 1 is 1.11 bits per heavy atom. The van der Waals surface area contributed by atoms with Crippen LogP contribution in [0.5, 0.6) is 17.4 Å². The van der Waals surface area contributed by atoms with E-state index in [0.717, 1.165) is 10.1 Å². The molecule has 0 saturated carbocycles. The second-order valence-corrected chi connectivity index (χ2v) is 5.97. The highest BCUT2D eigenvalue weighted by atomic mass is 16.5. The van der Waals surface area contributed by atoms with Crippen molar-refractivity contribution < 1.29 is 14.6 Å². The van der Waals surface area contributed by atoms with E-state index in [1.54, 1.807) is 18.2 Å². The van der Waals surface area contributed by atoms with Gasteiger partial charge < -0.3 is 14.6 Å². The maximum atomic E-state index is 12.4. The molecule has 0 unspecified atom stereocenters. The van der Waals surface area contributed by atoms with Crippen LogP contribution >= 0.6 is 0 Å². The van der Waals surface area contributed by atoms with Gasteiger partial charge in [-0.3, -0.25) is 14.8 Å². The van der Waals surface area contributed by atoms with Gasteiger partial charge in [-0.2, -0.15) is 0 Å². The van der Waals surface area contributed by atoms with E-state index in [1.165, 1.54) is 26.5 Å². The summed E-state index contributed by atoms with van der Waals surface area (Å²) < 4.78 is 11.4. The number of aromatic amines is 1. The molecule has 1 aromatic heterocycles. The minimum atomic E-state index is -0.818. The largest absolute Gasteiger partial charge is 0.497 e. The number of aryl methyl sites for hydroxylation is 1. The van der Waals surface area contributed by atoms with E-state index < -0.39 is 17.1 Å². The maximum absolute atomic E-state index is 12.4. The number of benzene rings is 2. The van der Waals surface area contributed by atoms with E-state index in [-0.39, 0.29) is 11.3 Å². The Kier molecular flexibility index (Phi) is 5.30. The highest BCUT2D eigenvalue weighted by Crippen LogP contribution is 2.29. The first kappa shape index (κ1) is 19.0. The third-order valence-electron chi connectivity index (χ3n) is 4.09. The van der Waals surface area contributed by atoms with Gasteiger partial charge in [0.15, 0.2) is 0 Å². The number of nitrogens with one attached hydrogen (secondary N) is 1. The molecule has 3 aromatic rings. The average molecular weight is 381 g/mol. The molecule has 28 heavy (non-hydrogen) atoms. The zero-order valence-electron chi connectivity index (χ0n) is 15.6. The number of aromatic nitrogens is 2. The number of aliphatic imine (C=N–C) groups is 1. The topological polar surface area (TPSA) is 106 Å². The number of H-pyrrole nitrogens is 1. The number of aromatic hydroxyl groups is 1. The molecule has 8 nitrogen and oxygen atoms in total. The smallest absolute Gasteiger partial charge is 0.335 e. The molecule has 0 aliphatic heterocycles. The quantitative estimate of drug-likeness (QED) is 0.660. The van der Waals surface area contributed by atoms with Crippen molar-refractivity contribution in [1.29, 1.82) is 0 Å². The molecular weight excluding hydrogens is 362 g/mol. The molecule has 0 spiro atoms. The van der Waals surface area contributed by atoms with Gasteiger partial charge in [0.25, 0.3) is 5.56 Å². The lowest BCUT2D eigenvalue weighted by Gasteiger charge is -2.14. The summed E-state index contributed by atoms with van der Waals surface area (Å²) in [5.74, 6) is 0.201. The van der Waals surface area contributed by atoms with Crippen molar-refractivity contribution in [3.63, 3.8) is 0 Å². The summed E-state index contributed by atoms with van der Waals surface area (Å²) in [6, 6.07) is 12.1. The van der Waals surface area contributed by atoms with E-state index in [1.807, 2.05) is 25.1 Å². The number of nitrogens with zero attached hydrogens (tertiary/aromatic N) is 2. The Morgan fingerprint density at radius 2 is 1.89 bits per heavy atom. The number of methoxy groups -OCH3 is 2. The second kappa shape index (κ2) is 7.83. The molecule has 0 atom stereocenters. The van der Waals surface area contributed by atoms with Crippen molar-refractivity contribution in [2.45, 2.75) is 6.92 Å². The molecule has 0 saturated heterocycles. The minimum absolute atomic E-state index is 0.161. The lowest BCUT2D eigenvalue weighted by atomic mass is 10.2. The fraction of sp³-hybridized carbons (Fsp3) is 0.150. The molecule has 0 aliphatic carbocycles. The van der Waals surface area contributed by atoms with E-state index >= 15 is 0 Å². The zero-order valence-corrected chi connectivity index (χ0v) is 15.6. The van der Waals surface area contributed by atoms with Gasteiger partial charge >= 0.3 is 5.69 Å². The molecule has 0 radical (unpaired) electrons. The van der Waals surface area contributed by atoms with Crippen LogP contribution in [0.3, 0.4) is 0 Å². The van der Waals surface area contributed by atoms with Gasteiger partial charge in [0.05, 0.1) is 25.6 Å². The normalized spacial score (nSPS) is 11.0. The first-order valence-electron chi connectivity index (χ1n) is 8.36. The third-order valence-corrected chi connectivity index (χ3v) is 4.09. The summed E-state index contributed by atoms with van der Waals surface area (Å²) in [6.45, 7) is 1.92. The van der Waals surface area contributed by atoms with Gasteiger partial charge in [0, 0.05) is 12.3 Å². The summed E-state index contributed by atoms with van der Waals surface area (Å²) in [7, 11) is 2.90. The summed E-state index contributed by atoms with van der Waals surface area (Å²) in [5, 5.41) is 10.7. The molecular formula is C20H19N3O5. The lowest BCUT2D eigenvalue weighted by Crippen LogP contribution is -2.31. The monoisotopic (exact) mass is 381 g/mol. The first-order valence-corrected chi connectivity index (χ1v) is 8.36.